The van der Waals surface area contributed by atoms with Crippen LogP contribution in [-0.2, 0) is 0 Å². The molecular weight excluding hydrogens is 741 g/mol. The van der Waals surface area contributed by atoms with E-state index in [1.54, 1.807) is 0 Å². The largest absolute Gasteiger partial charge is 0.456 e. The van der Waals surface area contributed by atoms with Crippen molar-refractivity contribution in [1.29, 1.82) is 0 Å². The second-order valence-electron chi connectivity index (χ2n) is 15.7. The summed E-state index contributed by atoms with van der Waals surface area (Å²) in [5, 5.41) is 7.22. The van der Waals surface area contributed by atoms with Gasteiger partial charge in [-0.2, -0.15) is 0 Å². The Morgan fingerprint density at radius 1 is 0.328 bits per heavy atom. The maximum Gasteiger partial charge on any atom is 0.135 e. The molecule has 0 saturated carbocycles. The van der Waals surface area contributed by atoms with Crippen LogP contribution in [0.1, 0.15) is 0 Å². The highest BCUT2D eigenvalue weighted by Crippen LogP contribution is 2.44. The first-order chi connectivity index (χ1) is 30.2. The lowest BCUT2D eigenvalue weighted by Gasteiger charge is -2.29. The summed E-state index contributed by atoms with van der Waals surface area (Å²) in [5.74, 6) is 0. The SMILES string of the molecule is c1cc(-c2ccc(-c3cccc4ccccc34)cc2)cc(N(c2cccc(-n3c4ccccc4c4ccccc43)c2)c2ccccc2-c2ccc3oc4ccccc4c3c2)c1. The molecule has 10 aromatic carbocycles. The summed E-state index contributed by atoms with van der Waals surface area (Å²) in [6, 6.07) is 83.1. The van der Waals surface area contributed by atoms with Crippen LogP contribution in [-0.4, -0.2) is 4.57 Å². The number of hydrogen-bond donors (Lipinski definition) is 0. The van der Waals surface area contributed by atoms with Gasteiger partial charge in [-0.3, -0.25) is 0 Å². The predicted octanol–water partition coefficient (Wildman–Crippen LogP) is 16.3. The fourth-order valence-electron chi connectivity index (χ4n) is 9.35. The minimum absolute atomic E-state index is 0.886. The lowest BCUT2D eigenvalue weighted by atomic mass is 9.96. The Morgan fingerprint density at radius 2 is 0.902 bits per heavy atom. The fraction of sp³-hybridized carbons (Fsp3) is 0. The van der Waals surface area contributed by atoms with E-state index in [4.69, 9.17) is 4.42 Å². The first kappa shape index (κ1) is 34.9. The Morgan fingerprint density at radius 3 is 1.72 bits per heavy atom. The third kappa shape index (κ3) is 5.90. The molecule has 0 radical (unpaired) electrons. The summed E-state index contributed by atoms with van der Waals surface area (Å²) in [6.45, 7) is 0. The molecule has 0 aliphatic heterocycles. The molecule has 2 heterocycles. The zero-order valence-electron chi connectivity index (χ0n) is 33.2. The van der Waals surface area contributed by atoms with E-state index in [9.17, 15) is 0 Å². The molecule has 0 atom stereocenters. The van der Waals surface area contributed by atoms with Gasteiger partial charge in [-0.05, 0) is 105 Å². The molecule has 3 heteroatoms. The molecule has 286 valence electrons. The average Bonchev–Trinajstić information content (AvgIpc) is 3.87. The molecule has 0 bridgehead atoms. The quantitative estimate of drug-likeness (QED) is 0.161. The Kier molecular flexibility index (Phi) is 8.17. The molecule has 0 saturated heterocycles. The molecule has 12 rings (SSSR count). The highest BCUT2D eigenvalue weighted by Gasteiger charge is 2.20. The maximum atomic E-state index is 6.26. The van der Waals surface area contributed by atoms with Crippen molar-refractivity contribution in [2.45, 2.75) is 0 Å². The van der Waals surface area contributed by atoms with Gasteiger partial charge < -0.3 is 13.9 Å². The fourth-order valence-corrected chi connectivity index (χ4v) is 9.35. The molecule has 0 spiro atoms. The molecule has 0 N–H and O–H groups in total. The van der Waals surface area contributed by atoms with Crippen molar-refractivity contribution in [3.8, 4) is 39.1 Å². The van der Waals surface area contributed by atoms with Crippen LogP contribution < -0.4 is 4.90 Å². The van der Waals surface area contributed by atoms with Crippen LogP contribution in [0.5, 0.6) is 0 Å². The lowest BCUT2D eigenvalue weighted by molar-refractivity contribution is 0.669. The highest BCUT2D eigenvalue weighted by molar-refractivity contribution is 6.10. The van der Waals surface area contributed by atoms with Crippen molar-refractivity contribution >= 4 is 71.6 Å². The highest BCUT2D eigenvalue weighted by atomic mass is 16.3. The van der Waals surface area contributed by atoms with Crippen LogP contribution in [0, 0.1) is 0 Å². The number of nitrogens with zero attached hydrogens (tertiary/aromatic N) is 2. The van der Waals surface area contributed by atoms with E-state index in [1.807, 2.05) is 12.1 Å². The van der Waals surface area contributed by atoms with E-state index in [0.29, 0.717) is 0 Å². The molecule has 12 aromatic rings. The summed E-state index contributed by atoms with van der Waals surface area (Å²) in [5.41, 5.74) is 15.5. The molecule has 3 nitrogen and oxygen atoms in total. The lowest BCUT2D eigenvalue weighted by Crippen LogP contribution is -2.12. The van der Waals surface area contributed by atoms with Crippen LogP contribution in [0.3, 0.4) is 0 Å². The van der Waals surface area contributed by atoms with Gasteiger partial charge in [-0.1, -0.05) is 164 Å². The monoisotopic (exact) mass is 778 g/mol. The third-order valence-corrected chi connectivity index (χ3v) is 12.2. The number of rotatable bonds is 7. The van der Waals surface area contributed by atoms with Gasteiger partial charge in [0.05, 0.1) is 16.7 Å². The Bertz CT molecular complexity index is 3550. The van der Waals surface area contributed by atoms with Crippen LogP contribution >= 0.6 is 0 Å². The molecule has 0 amide bonds. The summed E-state index contributed by atoms with van der Waals surface area (Å²) in [6.07, 6.45) is 0. The summed E-state index contributed by atoms with van der Waals surface area (Å²) in [7, 11) is 0. The van der Waals surface area contributed by atoms with Crippen molar-refractivity contribution in [2.24, 2.45) is 0 Å². The van der Waals surface area contributed by atoms with Gasteiger partial charge >= 0.3 is 0 Å². The smallest absolute Gasteiger partial charge is 0.135 e. The van der Waals surface area contributed by atoms with Crippen LogP contribution in [0.4, 0.5) is 17.1 Å². The number of fused-ring (bicyclic) bond motifs is 7. The van der Waals surface area contributed by atoms with Crippen molar-refractivity contribution in [2.75, 3.05) is 4.90 Å². The molecule has 61 heavy (non-hydrogen) atoms. The standard InChI is InChI=1S/C58H38N2O/c1-2-20-47-40(14-1)15-12-25-48(47)41-32-30-39(31-33-41)42-16-11-17-44(36-42)59(45-18-13-19-46(38-45)60-55-27-8-4-22-50(55)51-23-5-9-28-56(51)60)54-26-7-3-21-49(54)43-34-35-58-53(37-43)52-24-6-10-29-57(52)61-58/h1-38H. The first-order valence-corrected chi connectivity index (χ1v) is 20.8. The first-order valence-electron chi connectivity index (χ1n) is 20.8. The predicted molar refractivity (Wildman–Crippen MR) is 257 cm³/mol. The normalized spacial score (nSPS) is 11.6. The second-order valence-corrected chi connectivity index (χ2v) is 15.7. The van der Waals surface area contributed by atoms with E-state index < -0.39 is 0 Å². The van der Waals surface area contributed by atoms with Crippen molar-refractivity contribution in [3.63, 3.8) is 0 Å². The Balaban J connectivity index is 1.03. The number of furan rings is 1. The molecule has 0 fully saturated rings. The Labute approximate surface area is 353 Å². The van der Waals surface area contributed by atoms with Crippen molar-refractivity contribution < 1.29 is 4.42 Å². The average molecular weight is 779 g/mol. The van der Waals surface area contributed by atoms with Crippen molar-refractivity contribution in [1.82, 2.24) is 4.57 Å². The van der Waals surface area contributed by atoms with Crippen LogP contribution in [0.25, 0.3) is 93.6 Å². The summed E-state index contributed by atoms with van der Waals surface area (Å²) < 4.78 is 8.66. The molecule has 0 unspecified atom stereocenters. The van der Waals surface area contributed by atoms with Gasteiger partial charge in [-0.15, -0.1) is 0 Å². The number of benzene rings is 10. The number of hydrogen-bond acceptors (Lipinski definition) is 2. The zero-order chi connectivity index (χ0) is 40.3. The van der Waals surface area contributed by atoms with Crippen LogP contribution in [0.2, 0.25) is 0 Å². The number of anilines is 3. The summed E-state index contributed by atoms with van der Waals surface area (Å²) in [4.78, 5) is 2.42. The van der Waals surface area contributed by atoms with Gasteiger partial charge in [0.15, 0.2) is 0 Å². The van der Waals surface area contributed by atoms with Gasteiger partial charge in [0.25, 0.3) is 0 Å². The van der Waals surface area contributed by atoms with Crippen LogP contribution in [0.15, 0.2) is 235 Å². The third-order valence-electron chi connectivity index (χ3n) is 12.2. The van der Waals surface area contributed by atoms with Gasteiger partial charge in [0, 0.05) is 44.2 Å². The van der Waals surface area contributed by atoms with Gasteiger partial charge in [0.1, 0.15) is 11.2 Å². The van der Waals surface area contributed by atoms with E-state index >= 15 is 0 Å². The number of aromatic nitrogens is 1. The van der Waals surface area contributed by atoms with Gasteiger partial charge in [-0.25, -0.2) is 0 Å². The van der Waals surface area contributed by atoms with Crippen molar-refractivity contribution in [3.05, 3.63) is 231 Å². The zero-order valence-corrected chi connectivity index (χ0v) is 33.2. The molecule has 2 aromatic heterocycles. The minimum Gasteiger partial charge on any atom is -0.456 e. The topological polar surface area (TPSA) is 21.3 Å². The number of para-hydroxylation sites is 4. The van der Waals surface area contributed by atoms with E-state index in [0.717, 1.165) is 66.9 Å². The molecule has 0 aliphatic rings. The maximum absolute atomic E-state index is 6.26. The molecular formula is C58H38N2O. The van der Waals surface area contributed by atoms with E-state index in [-0.39, 0.29) is 0 Å². The molecule has 0 aliphatic carbocycles. The van der Waals surface area contributed by atoms with E-state index in [2.05, 4.69) is 228 Å². The van der Waals surface area contributed by atoms with E-state index in [1.165, 1.54) is 43.7 Å². The minimum atomic E-state index is 0.886. The second kappa shape index (κ2) is 14.3. The van der Waals surface area contributed by atoms with Gasteiger partial charge in [0.2, 0.25) is 0 Å². The summed E-state index contributed by atoms with van der Waals surface area (Å²) >= 11 is 0. The Hall–Kier alpha value is -8.14.